The van der Waals surface area contributed by atoms with Gasteiger partial charge in [0.2, 0.25) is 0 Å². The second kappa shape index (κ2) is 12.1. The van der Waals surface area contributed by atoms with Crippen molar-refractivity contribution in [2.24, 2.45) is 33.7 Å². The third kappa shape index (κ3) is 4.80. The van der Waals surface area contributed by atoms with Gasteiger partial charge in [-0.3, -0.25) is 9.98 Å². The molecule has 3 aliphatic heterocycles. The van der Waals surface area contributed by atoms with Crippen molar-refractivity contribution in [1.82, 2.24) is 9.97 Å². The molecule has 0 aromatic carbocycles. The fourth-order valence-corrected chi connectivity index (χ4v) is 8.39. The number of rotatable bonds is 8. The van der Waals surface area contributed by atoms with Crippen LogP contribution in [0.1, 0.15) is 115 Å². The molecule has 40 heavy (non-hydrogen) atoms. The van der Waals surface area contributed by atoms with E-state index in [9.17, 15) is 0 Å². The molecular weight excluding hydrogens is 488 g/mol. The molecule has 2 unspecified atom stereocenters. The Bertz CT molecular complexity index is 1440. The zero-order valence-electron chi connectivity index (χ0n) is 26.4. The van der Waals surface area contributed by atoms with E-state index in [2.05, 4.69) is 83.6 Å². The van der Waals surface area contributed by atoms with Crippen LogP contribution in [0, 0.1) is 23.7 Å². The minimum absolute atomic E-state index is 0.324. The van der Waals surface area contributed by atoms with Crippen LogP contribution in [0.25, 0.3) is 12.2 Å². The first-order chi connectivity index (χ1) is 19.5. The third-order valence-electron chi connectivity index (χ3n) is 10.3. The monoisotopic (exact) mass is 540 g/mol. The first-order valence-corrected chi connectivity index (χ1v) is 16.5. The van der Waals surface area contributed by atoms with Gasteiger partial charge in [-0.1, -0.05) is 61.8 Å². The Morgan fingerprint density at radius 1 is 0.625 bits per heavy atom. The molecule has 5 rings (SSSR count). The van der Waals surface area contributed by atoms with E-state index in [0.29, 0.717) is 29.7 Å². The summed E-state index contributed by atoms with van der Waals surface area (Å²) in [5, 5.41) is 2.51. The SMILES string of the molecule is CCc1c2[nH]c(c1CC)CC1N=C(C=C3N=C(C=c4[nH]c(c(CC)c4CC)=C2)[C@@H](CC)[C@@H]3CC)[C@H](CC)C1CC. The van der Waals surface area contributed by atoms with E-state index in [-0.39, 0.29) is 0 Å². The molecule has 0 saturated heterocycles. The number of aromatic nitrogens is 2. The normalized spacial score (nSPS) is 25.8. The van der Waals surface area contributed by atoms with Crippen molar-refractivity contribution < 1.29 is 0 Å². The van der Waals surface area contributed by atoms with Crippen LogP contribution in [0.4, 0.5) is 0 Å². The van der Waals surface area contributed by atoms with Gasteiger partial charge >= 0.3 is 0 Å². The summed E-state index contributed by atoms with van der Waals surface area (Å²) >= 11 is 0. The molecular formula is C36H52N4. The van der Waals surface area contributed by atoms with Crippen LogP contribution >= 0.6 is 0 Å². The van der Waals surface area contributed by atoms with E-state index in [1.807, 2.05) is 0 Å². The average molecular weight is 541 g/mol. The molecule has 0 aliphatic carbocycles. The summed E-state index contributed by atoms with van der Waals surface area (Å²) < 4.78 is 0. The van der Waals surface area contributed by atoms with Crippen molar-refractivity contribution >= 4 is 23.6 Å². The zero-order valence-corrected chi connectivity index (χ0v) is 26.4. The summed E-state index contributed by atoms with van der Waals surface area (Å²) in [6, 6.07) is 0.324. The first-order valence-electron chi connectivity index (χ1n) is 16.5. The van der Waals surface area contributed by atoms with Gasteiger partial charge in [0.05, 0.1) is 6.04 Å². The van der Waals surface area contributed by atoms with Crippen molar-refractivity contribution in [2.75, 3.05) is 0 Å². The van der Waals surface area contributed by atoms with Gasteiger partial charge < -0.3 is 9.97 Å². The van der Waals surface area contributed by atoms with Crippen molar-refractivity contribution in [3.63, 3.8) is 0 Å². The Labute approximate surface area is 242 Å². The van der Waals surface area contributed by atoms with Crippen molar-refractivity contribution in [1.29, 1.82) is 0 Å². The molecule has 0 spiro atoms. The molecule has 4 heteroatoms. The average Bonchev–Trinajstić information content (AvgIpc) is 3.67. The van der Waals surface area contributed by atoms with Gasteiger partial charge in [0.15, 0.2) is 0 Å². The number of nitrogens with zero attached hydrogens (tertiary/aromatic N) is 2. The Morgan fingerprint density at radius 3 is 1.82 bits per heavy atom. The standard InChI is InChI=1S/C36H52N4/c1-9-21-22(10-2)30-18-32-25(13-5)26(14-6)34(39-32)20-36-28(16-8)27(15-7)35(40-36)19-33-24(12-4)23(11-3)31(38-33)17-29(21)37-30/h17-19,21-22,25-26,34,38,40H,9-16,20H2,1-8H3/t21-,22-,25+,26?,34?/m0/s1. The zero-order chi connectivity index (χ0) is 28.6. The van der Waals surface area contributed by atoms with E-state index >= 15 is 0 Å². The van der Waals surface area contributed by atoms with E-state index < -0.39 is 0 Å². The smallest absolute Gasteiger partial charge is 0.0592 e. The molecule has 2 aromatic rings. The highest BCUT2D eigenvalue weighted by molar-refractivity contribution is 6.14. The molecule has 0 radical (unpaired) electrons. The molecule has 0 fully saturated rings. The number of nitrogens with one attached hydrogen (secondary N) is 2. The Kier molecular flexibility index (Phi) is 8.73. The minimum Gasteiger partial charge on any atom is -0.358 e. The Hall–Kier alpha value is -2.62. The summed E-state index contributed by atoms with van der Waals surface area (Å²) in [7, 11) is 0. The van der Waals surface area contributed by atoms with Crippen LogP contribution in [0.5, 0.6) is 0 Å². The van der Waals surface area contributed by atoms with Crippen LogP contribution in [0.3, 0.4) is 0 Å². The number of H-pyrrole nitrogens is 2. The fraction of sp³-hybridized carbons (Fsp3) is 0.611. The quantitative estimate of drug-likeness (QED) is 0.361. The van der Waals surface area contributed by atoms with E-state index in [0.717, 1.165) is 51.4 Å². The van der Waals surface area contributed by atoms with Crippen LogP contribution in [-0.4, -0.2) is 27.4 Å². The lowest BCUT2D eigenvalue weighted by Crippen LogP contribution is -2.24. The van der Waals surface area contributed by atoms with Crippen LogP contribution in [0.15, 0.2) is 21.8 Å². The molecule has 216 valence electrons. The van der Waals surface area contributed by atoms with E-state index in [4.69, 9.17) is 9.98 Å². The predicted octanol–water partition coefficient (Wildman–Crippen LogP) is 7.02. The summed E-state index contributed by atoms with van der Waals surface area (Å²) in [5.74, 6) is 2.02. The predicted molar refractivity (Wildman–Crippen MR) is 172 cm³/mol. The molecule has 5 atom stereocenters. The van der Waals surface area contributed by atoms with Crippen LogP contribution in [-0.2, 0) is 32.1 Å². The largest absolute Gasteiger partial charge is 0.358 e. The minimum atomic E-state index is 0.324. The van der Waals surface area contributed by atoms with E-state index in [1.54, 1.807) is 0 Å². The fourth-order valence-electron chi connectivity index (χ4n) is 8.39. The number of aliphatic imine (C=N–C) groups is 2. The molecule has 4 nitrogen and oxygen atoms in total. The Balaban J connectivity index is 1.83. The number of aromatic amines is 2. The molecule has 0 saturated carbocycles. The first kappa shape index (κ1) is 28.9. The maximum Gasteiger partial charge on any atom is 0.0592 e. The number of allylic oxidation sites excluding steroid dienone is 2. The second-order valence-electron chi connectivity index (χ2n) is 12.1. The van der Waals surface area contributed by atoms with Crippen molar-refractivity contribution in [3.05, 3.63) is 56.1 Å². The third-order valence-corrected chi connectivity index (χ3v) is 10.3. The van der Waals surface area contributed by atoms with Gasteiger partial charge in [-0.25, -0.2) is 0 Å². The molecule has 3 aliphatic rings. The van der Waals surface area contributed by atoms with E-state index in [1.165, 1.54) is 67.9 Å². The number of hydrogen-bond donors (Lipinski definition) is 2. The lowest BCUT2D eigenvalue weighted by atomic mass is 9.80. The maximum absolute atomic E-state index is 5.51. The maximum atomic E-state index is 5.51. The van der Waals surface area contributed by atoms with Crippen molar-refractivity contribution in [3.8, 4) is 0 Å². The number of hydrogen-bond acceptors (Lipinski definition) is 2. The highest BCUT2D eigenvalue weighted by atomic mass is 14.9. The van der Waals surface area contributed by atoms with Gasteiger partial charge in [-0.05, 0) is 91.3 Å². The van der Waals surface area contributed by atoms with Gasteiger partial charge in [0, 0.05) is 63.4 Å². The highest BCUT2D eigenvalue weighted by Crippen LogP contribution is 2.40. The topological polar surface area (TPSA) is 56.3 Å². The Morgan fingerprint density at radius 2 is 1.25 bits per heavy atom. The molecule has 8 bridgehead atoms. The molecule has 0 amide bonds. The highest BCUT2D eigenvalue weighted by Gasteiger charge is 2.38. The lowest BCUT2D eigenvalue weighted by molar-refractivity contribution is 0.355. The summed E-state index contributed by atoms with van der Waals surface area (Å²) in [4.78, 5) is 18.7. The van der Waals surface area contributed by atoms with Crippen molar-refractivity contribution in [2.45, 2.75) is 119 Å². The van der Waals surface area contributed by atoms with Gasteiger partial charge in [-0.2, -0.15) is 0 Å². The lowest BCUT2D eigenvalue weighted by Gasteiger charge is -2.23. The van der Waals surface area contributed by atoms with Gasteiger partial charge in [0.1, 0.15) is 0 Å². The summed E-state index contributed by atoms with van der Waals surface area (Å²) in [5.41, 5.74) is 12.4. The van der Waals surface area contributed by atoms with Crippen LogP contribution < -0.4 is 10.7 Å². The number of fused-ring (bicyclic) bond motifs is 6. The second-order valence-corrected chi connectivity index (χ2v) is 12.1. The molecule has 2 N–H and O–H groups in total. The van der Waals surface area contributed by atoms with Gasteiger partial charge in [-0.15, -0.1) is 0 Å². The van der Waals surface area contributed by atoms with Crippen LogP contribution in [0.2, 0.25) is 0 Å². The summed E-state index contributed by atoms with van der Waals surface area (Å²) in [6.45, 7) is 18.6. The molecule has 2 aromatic heterocycles. The van der Waals surface area contributed by atoms with Gasteiger partial charge in [0.25, 0.3) is 0 Å². The molecule has 5 heterocycles. The summed E-state index contributed by atoms with van der Waals surface area (Å²) in [6.07, 6.45) is 16.9.